The summed E-state index contributed by atoms with van der Waals surface area (Å²) < 4.78 is 0. The van der Waals surface area contributed by atoms with E-state index in [0.29, 0.717) is 5.84 Å². The molecule has 1 aliphatic heterocycles. The minimum absolute atomic E-state index is 0.341. The van der Waals surface area contributed by atoms with Crippen molar-refractivity contribution in [3.8, 4) is 11.1 Å². The molecule has 1 N–H and O–H groups in total. The molecule has 0 bridgehead atoms. The summed E-state index contributed by atoms with van der Waals surface area (Å²) in [6, 6.07) is 68.2. The van der Waals surface area contributed by atoms with Gasteiger partial charge in [0.1, 0.15) is 12.0 Å². The molecule has 0 spiro atoms. The standard InChI is InChI=1S/C47H34N4/c1-3-17-41(18-4-1)51(42-19-5-2-6-20-42)44-22-12-11-21-43(44)47-49-45(48-46(50-47)40-30-26-34-14-8-10-16-38(34)32-40)36-27-23-35(24-28-36)39-29-25-33-13-7-9-15-37(33)31-39/h1-32,46H,(H,48,49,50). The summed E-state index contributed by atoms with van der Waals surface area (Å²) in [5, 5.41) is 8.58. The Morgan fingerprint density at radius 2 is 0.961 bits per heavy atom. The number of rotatable bonds is 7. The molecule has 8 aromatic carbocycles. The SMILES string of the molecule is c1ccc(N(c2ccccc2)c2ccccc2C2=NC(c3ccc(-c4ccc5ccccc5c4)cc3)=NC(c3ccc4ccccc4c3)N2)cc1. The fourth-order valence-electron chi connectivity index (χ4n) is 6.89. The monoisotopic (exact) mass is 654 g/mol. The molecular formula is C47H34N4. The Bertz CT molecular complexity index is 2520. The summed E-state index contributed by atoms with van der Waals surface area (Å²) in [6.45, 7) is 0. The topological polar surface area (TPSA) is 40.0 Å². The molecule has 0 amide bonds. The van der Waals surface area contributed by atoms with Crippen molar-refractivity contribution in [2.75, 3.05) is 4.90 Å². The van der Waals surface area contributed by atoms with Crippen molar-refractivity contribution < 1.29 is 0 Å². The van der Waals surface area contributed by atoms with Crippen molar-refractivity contribution in [1.29, 1.82) is 0 Å². The van der Waals surface area contributed by atoms with Gasteiger partial charge in [0, 0.05) is 22.5 Å². The van der Waals surface area contributed by atoms with Gasteiger partial charge in [-0.3, -0.25) is 0 Å². The summed E-state index contributed by atoms with van der Waals surface area (Å²) in [6.07, 6.45) is -0.341. The zero-order valence-electron chi connectivity index (χ0n) is 27.9. The summed E-state index contributed by atoms with van der Waals surface area (Å²) in [7, 11) is 0. The zero-order chi connectivity index (χ0) is 34.0. The maximum atomic E-state index is 5.26. The van der Waals surface area contributed by atoms with Crippen LogP contribution in [0.3, 0.4) is 0 Å². The first-order chi connectivity index (χ1) is 25.3. The van der Waals surface area contributed by atoms with E-state index in [-0.39, 0.29) is 6.17 Å². The van der Waals surface area contributed by atoms with Gasteiger partial charge in [0.25, 0.3) is 0 Å². The normalized spacial score (nSPS) is 14.1. The highest BCUT2D eigenvalue weighted by Gasteiger charge is 2.25. The molecular weight excluding hydrogens is 621 g/mol. The highest BCUT2D eigenvalue weighted by atomic mass is 15.2. The molecule has 4 heteroatoms. The Balaban J connectivity index is 1.16. The van der Waals surface area contributed by atoms with Crippen LogP contribution in [0, 0.1) is 0 Å². The third-order valence-electron chi connectivity index (χ3n) is 9.49. The van der Waals surface area contributed by atoms with Gasteiger partial charge in [-0.2, -0.15) is 0 Å². The molecule has 4 nitrogen and oxygen atoms in total. The highest BCUT2D eigenvalue weighted by Crippen LogP contribution is 2.37. The Morgan fingerprint density at radius 3 is 1.65 bits per heavy atom. The number of nitrogens with one attached hydrogen (secondary N) is 1. The number of anilines is 3. The van der Waals surface area contributed by atoms with Crippen LogP contribution in [-0.4, -0.2) is 11.7 Å². The van der Waals surface area contributed by atoms with Gasteiger partial charge < -0.3 is 10.2 Å². The molecule has 0 fully saturated rings. The number of hydrogen-bond acceptors (Lipinski definition) is 4. The largest absolute Gasteiger partial charge is 0.344 e. The number of hydrogen-bond donors (Lipinski definition) is 1. The van der Waals surface area contributed by atoms with Gasteiger partial charge in [-0.15, -0.1) is 0 Å². The highest BCUT2D eigenvalue weighted by molar-refractivity contribution is 6.15. The fraction of sp³-hybridized carbons (Fsp3) is 0.0213. The molecule has 8 aromatic rings. The lowest BCUT2D eigenvalue weighted by molar-refractivity contribution is 0.675. The van der Waals surface area contributed by atoms with Gasteiger partial charge in [-0.25, -0.2) is 9.98 Å². The van der Waals surface area contributed by atoms with E-state index in [2.05, 4.69) is 192 Å². The Kier molecular flexibility index (Phi) is 7.88. The molecule has 0 aliphatic carbocycles. The molecule has 9 rings (SSSR count). The Labute approximate surface area is 297 Å². The second-order valence-corrected chi connectivity index (χ2v) is 12.7. The maximum Gasteiger partial charge on any atom is 0.159 e. The van der Waals surface area contributed by atoms with Crippen molar-refractivity contribution >= 4 is 50.3 Å². The fourth-order valence-corrected chi connectivity index (χ4v) is 6.89. The Morgan fingerprint density at radius 1 is 0.431 bits per heavy atom. The Hall–Kier alpha value is -6.78. The van der Waals surface area contributed by atoms with Crippen LogP contribution in [-0.2, 0) is 0 Å². The van der Waals surface area contributed by atoms with Crippen LogP contribution >= 0.6 is 0 Å². The number of nitrogens with zero attached hydrogens (tertiary/aromatic N) is 3. The molecule has 0 saturated carbocycles. The summed E-state index contributed by atoms with van der Waals surface area (Å²) in [4.78, 5) is 12.8. The summed E-state index contributed by atoms with van der Waals surface area (Å²) in [5.41, 5.74) is 8.51. The lowest BCUT2D eigenvalue weighted by Gasteiger charge is -2.30. The summed E-state index contributed by atoms with van der Waals surface area (Å²) >= 11 is 0. The van der Waals surface area contributed by atoms with E-state index in [1.165, 1.54) is 27.1 Å². The van der Waals surface area contributed by atoms with E-state index >= 15 is 0 Å². The molecule has 242 valence electrons. The number of para-hydroxylation sites is 3. The minimum Gasteiger partial charge on any atom is -0.344 e. The van der Waals surface area contributed by atoms with E-state index in [1.54, 1.807) is 0 Å². The van der Waals surface area contributed by atoms with E-state index in [0.717, 1.165) is 45.2 Å². The first kappa shape index (κ1) is 30.3. The van der Waals surface area contributed by atoms with E-state index in [4.69, 9.17) is 9.98 Å². The third-order valence-corrected chi connectivity index (χ3v) is 9.49. The smallest absolute Gasteiger partial charge is 0.159 e. The van der Waals surface area contributed by atoms with Crippen molar-refractivity contribution in [3.05, 3.63) is 211 Å². The van der Waals surface area contributed by atoms with E-state index in [1.807, 2.05) is 12.1 Å². The first-order valence-electron chi connectivity index (χ1n) is 17.3. The van der Waals surface area contributed by atoms with Gasteiger partial charge in [0.15, 0.2) is 5.84 Å². The summed E-state index contributed by atoms with van der Waals surface area (Å²) in [5.74, 6) is 1.46. The van der Waals surface area contributed by atoms with Crippen molar-refractivity contribution in [2.45, 2.75) is 6.17 Å². The lowest BCUT2D eigenvalue weighted by atomic mass is 10.00. The van der Waals surface area contributed by atoms with Crippen LogP contribution < -0.4 is 10.2 Å². The van der Waals surface area contributed by atoms with E-state index < -0.39 is 0 Å². The number of aliphatic imine (C=N–C) groups is 2. The molecule has 1 unspecified atom stereocenters. The zero-order valence-corrected chi connectivity index (χ0v) is 27.9. The number of benzene rings is 8. The number of amidine groups is 2. The minimum atomic E-state index is -0.341. The second kappa shape index (κ2) is 13.3. The third kappa shape index (κ3) is 6.04. The second-order valence-electron chi connectivity index (χ2n) is 12.7. The van der Waals surface area contributed by atoms with Crippen molar-refractivity contribution in [1.82, 2.24) is 5.32 Å². The van der Waals surface area contributed by atoms with Gasteiger partial charge in [-0.05, 0) is 86.8 Å². The lowest BCUT2D eigenvalue weighted by Crippen LogP contribution is -2.34. The van der Waals surface area contributed by atoms with Crippen molar-refractivity contribution in [3.63, 3.8) is 0 Å². The quantitative estimate of drug-likeness (QED) is 0.186. The molecule has 1 aliphatic rings. The molecule has 0 saturated heterocycles. The van der Waals surface area contributed by atoms with Crippen LogP contribution in [0.5, 0.6) is 0 Å². The first-order valence-corrected chi connectivity index (χ1v) is 17.3. The molecule has 0 aromatic heterocycles. The predicted octanol–water partition coefficient (Wildman–Crippen LogP) is 11.6. The van der Waals surface area contributed by atoms with Gasteiger partial charge in [0.05, 0.1) is 5.69 Å². The van der Waals surface area contributed by atoms with Gasteiger partial charge in [-0.1, -0.05) is 146 Å². The van der Waals surface area contributed by atoms with Crippen LogP contribution in [0.1, 0.15) is 22.9 Å². The molecule has 51 heavy (non-hydrogen) atoms. The number of fused-ring (bicyclic) bond motifs is 2. The van der Waals surface area contributed by atoms with Gasteiger partial charge in [0.2, 0.25) is 0 Å². The van der Waals surface area contributed by atoms with Crippen LogP contribution in [0.4, 0.5) is 17.1 Å². The average molecular weight is 655 g/mol. The van der Waals surface area contributed by atoms with Crippen molar-refractivity contribution in [2.24, 2.45) is 9.98 Å². The maximum absolute atomic E-state index is 5.26. The molecule has 1 heterocycles. The van der Waals surface area contributed by atoms with Crippen LogP contribution in [0.15, 0.2) is 204 Å². The van der Waals surface area contributed by atoms with Crippen LogP contribution in [0.2, 0.25) is 0 Å². The average Bonchev–Trinajstić information content (AvgIpc) is 3.21. The van der Waals surface area contributed by atoms with E-state index in [9.17, 15) is 0 Å². The molecule has 0 radical (unpaired) electrons. The predicted molar refractivity (Wildman–Crippen MR) is 213 cm³/mol. The molecule has 1 atom stereocenters. The van der Waals surface area contributed by atoms with Gasteiger partial charge >= 0.3 is 0 Å². The van der Waals surface area contributed by atoms with Crippen LogP contribution in [0.25, 0.3) is 32.7 Å².